The maximum atomic E-state index is 13.2. The number of allylic oxidation sites excluding steroid dienone is 1. The Morgan fingerprint density at radius 3 is 2.67 bits per heavy atom. The highest BCUT2D eigenvalue weighted by Crippen LogP contribution is 2.24. The highest BCUT2D eigenvalue weighted by Gasteiger charge is 2.14. The van der Waals surface area contributed by atoms with Crippen LogP contribution in [0.1, 0.15) is 16.7 Å². The number of hydrogen-bond acceptors (Lipinski definition) is 3. The summed E-state index contributed by atoms with van der Waals surface area (Å²) in [6.07, 6.45) is 2.85. The van der Waals surface area contributed by atoms with Crippen LogP contribution in [0.3, 0.4) is 0 Å². The summed E-state index contributed by atoms with van der Waals surface area (Å²) in [5, 5.41) is 3.13. The number of rotatable bonds is 5. The molecule has 0 unspecified atom stereocenters. The van der Waals surface area contributed by atoms with Crippen LogP contribution in [-0.4, -0.2) is 11.6 Å². The molecule has 0 aromatic heterocycles. The van der Waals surface area contributed by atoms with Crippen molar-refractivity contribution in [2.45, 2.75) is 13.1 Å². The van der Waals surface area contributed by atoms with Crippen LogP contribution >= 0.6 is 0 Å². The van der Waals surface area contributed by atoms with Crippen molar-refractivity contribution >= 4 is 17.3 Å². The van der Waals surface area contributed by atoms with Crippen molar-refractivity contribution in [2.24, 2.45) is 10.7 Å². The van der Waals surface area contributed by atoms with Crippen molar-refractivity contribution in [3.8, 4) is 0 Å². The molecule has 0 spiro atoms. The first-order chi connectivity index (χ1) is 11.5. The van der Waals surface area contributed by atoms with Crippen LogP contribution in [0.4, 0.5) is 14.5 Å². The zero-order valence-electron chi connectivity index (χ0n) is 12.7. The number of anilines is 1. The second-order valence-electron chi connectivity index (χ2n) is 5.44. The van der Waals surface area contributed by atoms with Crippen molar-refractivity contribution in [1.29, 1.82) is 0 Å². The Labute approximate surface area is 137 Å². The van der Waals surface area contributed by atoms with Crippen LogP contribution in [0.25, 0.3) is 0 Å². The minimum absolute atomic E-state index is 0.289. The van der Waals surface area contributed by atoms with E-state index in [2.05, 4.69) is 10.3 Å². The molecule has 4 nitrogen and oxygen atoms in total. The Hall–Kier alpha value is -3.02. The Morgan fingerprint density at radius 1 is 1.21 bits per heavy atom. The molecule has 0 saturated carbocycles. The number of aliphatic imine (C=N–C) groups is 1. The standard InChI is InChI=1S/C18H15F2N3O/c19-13-5-11(6-14(20)7-13)9-22-15-2-1-12-10-23-17(16(12)8-15)3-4-18(21)24/h1-8,22H,9-10H2,(H2,21,24)/b4-3+. The van der Waals surface area contributed by atoms with Crippen LogP contribution in [0.5, 0.6) is 0 Å². The fourth-order valence-electron chi connectivity index (χ4n) is 2.54. The molecule has 1 heterocycles. The lowest BCUT2D eigenvalue weighted by molar-refractivity contribution is -0.113. The molecule has 6 heteroatoms. The van der Waals surface area contributed by atoms with Crippen molar-refractivity contribution < 1.29 is 13.6 Å². The minimum atomic E-state index is -0.605. The van der Waals surface area contributed by atoms with Gasteiger partial charge in [0.1, 0.15) is 11.6 Å². The topological polar surface area (TPSA) is 67.5 Å². The number of amides is 1. The average Bonchev–Trinajstić information content (AvgIpc) is 2.92. The van der Waals surface area contributed by atoms with Gasteiger partial charge in [-0.2, -0.15) is 0 Å². The quantitative estimate of drug-likeness (QED) is 0.829. The van der Waals surface area contributed by atoms with Crippen molar-refractivity contribution in [3.05, 3.63) is 76.9 Å². The third kappa shape index (κ3) is 3.65. The van der Waals surface area contributed by atoms with Gasteiger partial charge in [-0.3, -0.25) is 9.79 Å². The largest absolute Gasteiger partial charge is 0.381 e. The minimum Gasteiger partial charge on any atom is -0.381 e. The lowest BCUT2D eigenvalue weighted by atomic mass is 10.0. The molecule has 1 aliphatic rings. The molecule has 2 aromatic carbocycles. The van der Waals surface area contributed by atoms with Gasteiger partial charge in [0.05, 0.1) is 12.3 Å². The number of fused-ring (bicyclic) bond motifs is 1. The SMILES string of the molecule is NC(=O)/C=C/C1=NCc2ccc(NCc3cc(F)cc(F)c3)cc21. The molecule has 1 aliphatic heterocycles. The number of carbonyl (C=O) groups excluding carboxylic acids is 1. The molecule has 0 bridgehead atoms. The van der Waals surface area contributed by atoms with Crippen LogP contribution in [-0.2, 0) is 17.9 Å². The fraction of sp³-hybridized carbons (Fsp3) is 0.111. The third-order valence-electron chi connectivity index (χ3n) is 3.63. The summed E-state index contributed by atoms with van der Waals surface area (Å²) < 4.78 is 26.4. The van der Waals surface area contributed by atoms with Crippen LogP contribution in [0, 0.1) is 11.6 Å². The smallest absolute Gasteiger partial charge is 0.241 e. The molecule has 1 amide bonds. The average molecular weight is 327 g/mol. The molecule has 0 atom stereocenters. The first-order valence-electron chi connectivity index (χ1n) is 7.35. The van der Waals surface area contributed by atoms with E-state index in [4.69, 9.17) is 5.73 Å². The fourth-order valence-corrected chi connectivity index (χ4v) is 2.54. The Kier molecular flexibility index (Phi) is 4.37. The van der Waals surface area contributed by atoms with Crippen LogP contribution < -0.4 is 11.1 Å². The first kappa shape index (κ1) is 15.9. The molecular weight excluding hydrogens is 312 g/mol. The maximum Gasteiger partial charge on any atom is 0.241 e. The predicted molar refractivity (Wildman–Crippen MR) is 88.7 cm³/mol. The second-order valence-corrected chi connectivity index (χ2v) is 5.44. The van der Waals surface area contributed by atoms with E-state index in [1.165, 1.54) is 18.2 Å². The predicted octanol–water partition coefficient (Wildman–Crippen LogP) is 2.92. The number of nitrogens with one attached hydrogen (secondary N) is 1. The van der Waals surface area contributed by atoms with Gasteiger partial charge in [-0.05, 0) is 41.5 Å². The van der Waals surface area contributed by atoms with Gasteiger partial charge in [0.25, 0.3) is 0 Å². The zero-order valence-corrected chi connectivity index (χ0v) is 12.7. The molecule has 0 saturated heterocycles. The van der Waals surface area contributed by atoms with E-state index in [-0.39, 0.29) is 6.54 Å². The third-order valence-corrected chi connectivity index (χ3v) is 3.63. The summed E-state index contributed by atoms with van der Waals surface area (Å²) in [6.45, 7) is 0.834. The first-order valence-corrected chi connectivity index (χ1v) is 7.35. The Morgan fingerprint density at radius 2 is 1.96 bits per heavy atom. The maximum absolute atomic E-state index is 13.2. The second kappa shape index (κ2) is 6.62. The Balaban J connectivity index is 1.75. The normalized spacial score (nSPS) is 13.0. The summed E-state index contributed by atoms with van der Waals surface area (Å²) in [5.41, 5.74) is 9.04. The van der Waals surface area contributed by atoms with Crippen molar-refractivity contribution in [1.82, 2.24) is 0 Å². The van der Waals surface area contributed by atoms with Gasteiger partial charge in [0.15, 0.2) is 0 Å². The highest BCUT2D eigenvalue weighted by atomic mass is 19.1. The van der Waals surface area contributed by atoms with Gasteiger partial charge < -0.3 is 11.1 Å². The molecule has 122 valence electrons. The van der Waals surface area contributed by atoms with Crippen LogP contribution in [0.15, 0.2) is 53.5 Å². The molecular formula is C18H15F2N3O. The van der Waals surface area contributed by atoms with E-state index in [0.29, 0.717) is 17.8 Å². The van der Waals surface area contributed by atoms with Crippen LogP contribution in [0.2, 0.25) is 0 Å². The number of nitrogens with zero attached hydrogens (tertiary/aromatic N) is 1. The number of benzene rings is 2. The van der Waals surface area contributed by atoms with Crippen molar-refractivity contribution in [2.75, 3.05) is 5.32 Å². The molecule has 0 aliphatic carbocycles. The summed E-state index contributed by atoms with van der Waals surface area (Å²) in [7, 11) is 0. The molecule has 0 fully saturated rings. The van der Waals surface area contributed by atoms with E-state index in [1.807, 2.05) is 18.2 Å². The van der Waals surface area contributed by atoms with E-state index >= 15 is 0 Å². The number of carbonyl (C=O) groups is 1. The molecule has 0 radical (unpaired) electrons. The number of halogens is 2. The van der Waals surface area contributed by atoms with E-state index in [1.54, 1.807) is 6.08 Å². The van der Waals surface area contributed by atoms with Gasteiger partial charge in [0.2, 0.25) is 5.91 Å². The van der Waals surface area contributed by atoms with E-state index < -0.39 is 17.5 Å². The number of hydrogen-bond donors (Lipinski definition) is 2. The van der Waals surface area contributed by atoms with Gasteiger partial charge in [-0.25, -0.2) is 8.78 Å². The van der Waals surface area contributed by atoms with Gasteiger partial charge in [0, 0.05) is 29.9 Å². The highest BCUT2D eigenvalue weighted by molar-refractivity contribution is 6.13. The lowest BCUT2D eigenvalue weighted by Crippen LogP contribution is -2.07. The lowest BCUT2D eigenvalue weighted by Gasteiger charge is -2.09. The monoisotopic (exact) mass is 327 g/mol. The van der Waals surface area contributed by atoms with Gasteiger partial charge in [-0.1, -0.05) is 6.07 Å². The summed E-state index contributed by atoms with van der Waals surface area (Å²) in [4.78, 5) is 15.2. The summed E-state index contributed by atoms with van der Waals surface area (Å²) >= 11 is 0. The zero-order chi connectivity index (χ0) is 17.1. The van der Waals surface area contributed by atoms with Gasteiger partial charge in [-0.15, -0.1) is 0 Å². The number of nitrogens with two attached hydrogens (primary N) is 1. The molecule has 3 rings (SSSR count). The molecule has 3 N–H and O–H groups in total. The van der Waals surface area contributed by atoms with Crippen molar-refractivity contribution in [3.63, 3.8) is 0 Å². The summed E-state index contributed by atoms with van der Waals surface area (Å²) in [5.74, 6) is -1.74. The summed E-state index contributed by atoms with van der Waals surface area (Å²) in [6, 6.07) is 9.11. The Bertz CT molecular complexity index is 839. The molecule has 24 heavy (non-hydrogen) atoms. The van der Waals surface area contributed by atoms with E-state index in [9.17, 15) is 13.6 Å². The van der Waals surface area contributed by atoms with Gasteiger partial charge >= 0.3 is 0 Å². The number of primary amides is 1. The molecule has 2 aromatic rings. The van der Waals surface area contributed by atoms with E-state index in [0.717, 1.165) is 22.9 Å².